The first-order valence-electron chi connectivity index (χ1n) is 9.34. The molecule has 0 fully saturated rings. The maximum absolute atomic E-state index is 12.3. The van der Waals surface area contributed by atoms with Crippen LogP contribution in [0.3, 0.4) is 0 Å². The van der Waals surface area contributed by atoms with Gasteiger partial charge in [-0.1, -0.05) is 23.7 Å². The smallest absolute Gasteiger partial charge is 0.277 e. The van der Waals surface area contributed by atoms with E-state index in [1.165, 1.54) is 0 Å². The Bertz CT molecular complexity index is 1190. The highest BCUT2D eigenvalue weighted by atomic mass is 35.5. The summed E-state index contributed by atoms with van der Waals surface area (Å²) in [6, 6.07) is 18.8. The highest BCUT2D eigenvalue weighted by Crippen LogP contribution is 2.18. The summed E-state index contributed by atoms with van der Waals surface area (Å²) in [5.74, 6) is 0.213. The highest BCUT2D eigenvalue weighted by molar-refractivity contribution is 6.30. The van der Waals surface area contributed by atoms with Crippen molar-refractivity contribution in [1.82, 2.24) is 15.4 Å². The first kappa shape index (κ1) is 20.3. The quantitative estimate of drug-likeness (QED) is 0.355. The largest absolute Gasteiger partial charge is 0.508 e. The number of aromatic nitrogens is 2. The average Bonchev–Trinajstić information content (AvgIpc) is 2.80. The third-order valence-electron chi connectivity index (χ3n) is 4.36. The number of ether oxygens (including phenoxy) is 1. The van der Waals surface area contributed by atoms with Crippen LogP contribution in [0.25, 0.3) is 11.0 Å². The fraction of sp³-hybridized carbons (Fsp3) is 0.0435. The normalized spacial score (nSPS) is 11.3. The number of benzene rings is 3. The second-order valence-electron chi connectivity index (χ2n) is 6.54. The number of rotatable bonds is 6. The number of phenolic OH excluding ortho intramolecular Hbond substituents is 1. The zero-order valence-corrected chi connectivity index (χ0v) is 17.0. The molecule has 1 amide bonds. The number of halogens is 1. The highest BCUT2D eigenvalue weighted by Gasteiger charge is 2.10. The number of nitrogens with zero attached hydrogens (tertiary/aromatic N) is 3. The zero-order valence-electron chi connectivity index (χ0n) is 16.2. The van der Waals surface area contributed by atoms with E-state index in [1.54, 1.807) is 79.1 Å². The molecule has 4 rings (SSSR count). The van der Waals surface area contributed by atoms with Crippen LogP contribution < -0.4 is 10.2 Å². The molecule has 2 N–H and O–H groups in total. The van der Waals surface area contributed by atoms with Crippen molar-refractivity contribution in [3.05, 3.63) is 95.3 Å². The van der Waals surface area contributed by atoms with Crippen molar-refractivity contribution in [3.63, 3.8) is 0 Å². The summed E-state index contributed by atoms with van der Waals surface area (Å²) in [5, 5.41) is 14.4. The van der Waals surface area contributed by atoms with Crippen LogP contribution in [0, 0.1) is 0 Å². The standard InChI is InChI=1S/C23H17ClN4O3/c24-17-5-1-15(2-6-17)23(16-3-7-18(29)8-4-16)28-27-22(30)14-31-19-9-10-20-21(13-19)26-12-11-25-20/h1-13,29H,14H2,(H,27,30)/b28-23+. The number of hydrogen-bond donors (Lipinski definition) is 2. The Morgan fingerprint density at radius 3 is 2.29 bits per heavy atom. The molecule has 4 aromatic rings. The number of amides is 1. The molecule has 0 bridgehead atoms. The van der Waals surface area contributed by atoms with Crippen LogP contribution in [0.15, 0.2) is 84.2 Å². The third-order valence-corrected chi connectivity index (χ3v) is 4.61. The summed E-state index contributed by atoms with van der Waals surface area (Å²) in [5.41, 5.74) is 5.93. The minimum Gasteiger partial charge on any atom is -0.508 e. The van der Waals surface area contributed by atoms with E-state index in [0.717, 1.165) is 16.6 Å². The lowest BCUT2D eigenvalue weighted by molar-refractivity contribution is -0.123. The summed E-state index contributed by atoms with van der Waals surface area (Å²) in [4.78, 5) is 20.7. The van der Waals surface area contributed by atoms with E-state index in [4.69, 9.17) is 16.3 Å². The van der Waals surface area contributed by atoms with Gasteiger partial charge < -0.3 is 9.84 Å². The fourth-order valence-corrected chi connectivity index (χ4v) is 2.98. The predicted molar refractivity (Wildman–Crippen MR) is 118 cm³/mol. The SMILES string of the molecule is O=C(COc1ccc2nccnc2c1)N/N=C(/c1ccc(O)cc1)c1ccc(Cl)cc1. The van der Waals surface area contributed by atoms with Gasteiger partial charge in [0.15, 0.2) is 6.61 Å². The van der Waals surface area contributed by atoms with Gasteiger partial charge in [0.05, 0.1) is 16.7 Å². The molecule has 0 unspecified atom stereocenters. The second kappa shape index (κ2) is 9.23. The van der Waals surface area contributed by atoms with Crippen molar-refractivity contribution in [1.29, 1.82) is 0 Å². The summed E-state index contributed by atoms with van der Waals surface area (Å²) >= 11 is 5.98. The van der Waals surface area contributed by atoms with Crippen LogP contribution in [0.2, 0.25) is 5.02 Å². The van der Waals surface area contributed by atoms with Crippen LogP contribution in [-0.4, -0.2) is 33.3 Å². The van der Waals surface area contributed by atoms with E-state index in [2.05, 4.69) is 20.5 Å². The van der Waals surface area contributed by atoms with Gasteiger partial charge in [0.25, 0.3) is 5.91 Å². The molecule has 0 aliphatic rings. The van der Waals surface area contributed by atoms with E-state index in [-0.39, 0.29) is 12.4 Å². The molecule has 3 aromatic carbocycles. The number of aromatic hydroxyl groups is 1. The van der Waals surface area contributed by atoms with Crippen LogP contribution in [0.5, 0.6) is 11.5 Å². The lowest BCUT2D eigenvalue weighted by Crippen LogP contribution is -2.26. The van der Waals surface area contributed by atoms with Crippen molar-refractivity contribution in [2.24, 2.45) is 5.10 Å². The topological polar surface area (TPSA) is 96.7 Å². The molecular weight excluding hydrogens is 416 g/mol. The minimum absolute atomic E-state index is 0.136. The molecule has 0 radical (unpaired) electrons. The molecule has 1 aromatic heterocycles. The van der Waals surface area contributed by atoms with Gasteiger partial charge in [-0.3, -0.25) is 14.8 Å². The van der Waals surface area contributed by atoms with E-state index in [1.807, 2.05) is 0 Å². The van der Waals surface area contributed by atoms with Crippen LogP contribution in [-0.2, 0) is 4.79 Å². The fourth-order valence-electron chi connectivity index (χ4n) is 2.86. The molecule has 0 aliphatic carbocycles. The predicted octanol–water partition coefficient (Wildman–Crippen LogP) is 3.94. The summed E-state index contributed by atoms with van der Waals surface area (Å²) in [7, 11) is 0. The van der Waals surface area contributed by atoms with Crippen LogP contribution in [0.4, 0.5) is 0 Å². The van der Waals surface area contributed by atoms with Gasteiger partial charge in [-0.05, 0) is 48.5 Å². The Labute approximate surface area is 183 Å². The maximum atomic E-state index is 12.3. The van der Waals surface area contributed by atoms with Crippen molar-refractivity contribution in [3.8, 4) is 11.5 Å². The number of hydrogen-bond acceptors (Lipinski definition) is 6. The van der Waals surface area contributed by atoms with E-state index in [0.29, 0.717) is 22.0 Å². The molecule has 1 heterocycles. The Morgan fingerprint density at radius 2 is 1.58 bits per heavy atom. The van der Waals surface area contributed by atoms with Gasteiger partial charge >= 0.3 is 0 Å². The molecule has 0 atom stereocenters. The minimum atomic E-state index is -0.426. The van der Waals surface area contributed by atoms with Crippen LogP contribution in [0.1, 0.15) is 11.1 Å². The van der Waals surface area contributed by atoms with E-state index < -0.39 is 5.91 Å². The molecule has 154 valence electrons. The summed E-state index contributed by atoms with van der Waals surface area (Å²) in [6.07, 6.45) is 3.20. The van der Waals surface area contributed by atoms with Gasteiger partial charge in [-0.15, -0.1) is 0 Å². The Balaban J connectivity index is 1.48. The number of carbonyl (C=O) groups is 1. The monoisotopic (exact) mass is 432 g/mol. The molecule has 0 aliphatic heterocycles. The summed E-state index contributed by atoms with van der Waals surface area (Å²) in [6.45, 7) is -0.223. The zero-order chi connectivity index (χ0) is 21.6. The molecule has 0 saturated heterocycles. The van der Waals surface area contributed by atoms with Gasteiger partial charge in [-0.25, -0.2) is 5.43 Å². The molecule has 0 saturated carbocycles. The molecule has 8 heteroatoms. The number of fused-ring (bicyclic) bond motifs is 1. The Hall–Kier alpha value is -3.97. The lowest BCUT2D eigenvalue weighted by atomic mass is 10.0. The number of hydrazone groups is 1. The van der Waals surface area contributed by atoms with E-state index in [9.17, 15) is 9.90 Å². The van der Waals surface area contributed by atoms with Crippen molar-refractivity contribution >= 4 is 34.3 Å². The average molecular weight is 433 g/mol. The first-order chi connectivity index (χ1) is 15.1. The van der Waals surface area contributed by atoms with E-state index >= 15 is 0 Å². The van der Waals surface area contributed by atoms with Crippen LogP contribution >= 0.6 is 11.6 Å². The van der Waals surface area contributed by atoms with Gasteiger partial charge in [0, 0.05) is 34.6 Å². The van der Waals surface area contributed by atoms with Gasteiger partial charge in [0.1, 0.15) is 11.5 Å². The molecule has 31 heavy (non-hydrogen) atoms. The van der Waals surface area contributed by atoms with Crippen molar-refractivity contribution < 1.29 is 14.6 Å². The molecular formula is C23H17ClN4O3. The Kier molecular flexibility index (Phi) is 6.05. The summed E-state index contributed by atoms with van der Waals surface area (Å²) < 4.78 is 5.55. The second-order valence-corrected chi connectivity index (χ2v) is 6.98. The van der Waals surface area contributed by atoms with Gasteiger partial charge in [-0.2, -0.15) is 5.10 Å². The molecule has 7 nitrogen and oxygen atoms in total. The van der Waals surface area contributed by atoms with Gasteiger partial charge in [0.2, 0.25) is 0 Å². The molecule has 0 spiro atoms. The number of phenols is 1. The number of nitrogens with one attached hydrogen (secondary N) is 1. The maximum Gasteiger partial charge on any atom is 0.277 e. The van der Waals surface area contributed by atoms with Crippen molar-refractivity contribution in [2.75, 3.05) is 6.61 Å². The first-order valence-corrected chi connectivity index (χ1v) is 9.72. The number of carbonyl (C=O) groups excluding carboxylic acids is 1. The Morgan fingerprint density at radius 1 is 0.935 bits per heavy atom. The lowest BCUT2D eigenvalue weighted by Gasteiger charge is -2.09. The third kappa shape index (κ3) is 5.15. The van der Waals surface area contributed by atoms with Crippen molar-refractivity contribution in [2.45, 2.75) is 0 Å².